The highest BCUT2D eigenvalue weighted by Crippen LogP contribution is 2.29. The summed E-state index contributed by atoms with van der Waals surface area (Å²) in [7, 11) is 0.305. The zero-order valence-corrected chi connectivity index (χ0v) is 20.8. The molecule has 9 heteroatoms. The third-order valence-electron chi connectivity index (χ3n) is 5.38. The SMILES string of the molecule is COc1ccc(C(C)=O)cc1COC(=O)c1ccc(OC)c(S(=O)(=O)N(C)Cc2ccccc2)c1. The molecule has 0 heterocycles. The standard InChI is InChI=1S/C26H27NO7S/c1-18(28)20-10-12-23(32-3)22(14-20)17-34-26(29)21-11-13-24(33-4)25(15-21)35(30,31)27(2)16-19-8-6-5-7-9-19/h5-15H,16-17H2,1-4H3. The van der Waals surface area contributed by atoms with Gasteiger partial charge in [0.1, 0.15) is 23.0 Å². The number of nitrogens with zero attached hydrogens (tertiary/aromatic N) is 1. The van der Waals surface area contributed by atoms with Crippen LogP contribution in [-0.2, 0) is 27.9 Å². The second-order valence-corrected chi connectivity index (χ2v) is 9.78. The van der Waals surface area contributed by atoms with E-state index in [1.54, 1.807) is 18.2 Å². The Morgan fingerprint density at radius 3 is 2.11 bits per heavy atom. The molecule has 0 amide bonds. The Morgan fingerprint density at radius 1 is 0.857 bits per heavy atom. The predicted molar refractivity (Wildman–Crippen MR) is 130 cm³/mol. The molecule has 0 fully saturated rings. The summed E-state index contributed by atoms with van der Waals surface area (Å²) in [4.78, 5) is 24.3. The molecule has 0 unspecified atom stereocenters. The number of ether oxygens (including phenoxy) is 3. The summed E-state index contributed by atoms with van der Waals surface area (Å²) in [6, 6.07) is 18.1. The lowest BCUT2D eigenvalue weighted by Crippen LogP contribution is -2.27. The lowest BCUT2D eigenvalue weighted by molar-refractivity contribution is 0.0470. The van der Waals surface area contributed by atoms with Gasteiger partial charge in [0.25, 0.3) is 0 Å². The molecule has 0 aliphatic carbocycles. The molecule has 0 saturated heterocycles. The van der Waals surface area contributed by atoms with Crippen molar-refractivity contribution in [3.8, 4) is 11.5 Å². The highest BCUT2D eigenvalue weighted by atomic mass is 32.2. The summed E-state index contributed by atoms with van der Waals surface area (Å²) in [5.41, 5.74) is 1.82. The lowest BCUT2D eigenvalue weighted by atomic mass is 10.1. The van der Waals surface area contributed by atoms with E-state index in [2.05, 4.69) is 0 Å². The fraction of sp³-hybridized carbons (Fsp3) is 0.231. The van der Waals surface area contributed by atoms with E-state index in [0.717, 1.165) is 5.56 Å². The van der Waals surface area contributed by atoms with Gasteiger partial charge in [-0.3, -0.25) is 4.79 Å². The van der Waals surface area contributed by atoms with Crippen molar-refractivity contribution < 1.29 is 32.2 Å². The van der Waals surface area contributed by atoms with Gasteiger partial charge < -0.3 is 14.2 Å². The van der Waals surface area contributed by atoms with E-state index in [9.17, 15) is 18.0 Å². The van der Waals surface area contributed by atoms with E-state index < -0.39 is 16.0 Å². The first-order valence-electron chi connectivity index (χ1n) is 10.7. The van der Waals surface area contributed by atoms with Crippen molar-refractivity contribution in [3.63, 3.8) is 0 Å². The highest BCUT2D eigenvalue weighted by Gasteiger charge is 2.27. The van der Waals surface area contributed by atoms with E-state index in [4.69, 9.17) is 14.2 Å². The fourth-order valence-electron chi connectivity index (χ4n) is 3.44. The molecule has 3 rings (SSSR count). The van der Waals surface area contributed by atoms with E-state index in [1.165, 1.54) is 50.7 Å². The minimum atomic E-state index is -3.99. The predicted octanol–water partition coefficient (Wildman–Crippen LogP) is 4.08. The van der Waals surface area contributed by atoms with Crippen molar-refractivity contribution >= 4 is 21.8 Å². The molecule has 0 spiro atoms. The molecule has 0 bridgehead atoms. The van der Waals surface area contributed by atoms with Crippen molar-refractivity contribution in [2.45, 2.75) is 25.0 Å². The third-order valence-corrected chi connectivity index (χ3v) is 7.21. The Kier molecular flexibility index (Phi) is 8.26. The van der Waals surface area contributed by atoms with Gasteiger partial charge in [0.2, 0.25) is 10.0 Å². The average molecular weight is 498 g/mol. The Balaban J connectivity index is 1.85. The van der Waals surface area contributed by atoms with Crippen LogP contribution in [0.5, 0.6) is 11.5 Å². The van der Waals surface area contributed by atoms with Crippen molar-refractivity contribution in [1.29, 1.82) is 0 Å². The number of benzene rings is 3. The molecule has 0 aromatic heterocycles. The van der Waals surface area contributed by atoms with Crippen LogP contribution in [0.2, 0.25) is 0 Å². The molecule has 35 heavy (non-hydrogen) atoms. The monoisotopic (exact) mass is 497 g/mol. The number of Topliss-reactive ketones (excluding diaryl/α,β-unsaturated/α-hetero) is 1. The Morgan fingerprint density at radius 2 is 1.49 bits per heavy atom. The van der Waals surface area contributed by atoms with E-state index >= 15 is 0 Å². The largest absolute Gasteiger partial charge is 0.496 e. The third kappa shape index (κ3) is 6.06. The van der Waals surface area contributed by atoms with Crippen molar-refractivity contribution in [2.24, 2.45) is 0 Å². The number of methoxy groups -OCH3 is 2. The minimum absolute atomic E-state index is 0.0409. The van der Waals surface area contributed by atoms with E-state index in [1.807, 2.05) is 30.3 Å². The van der Waals surface area contributed by atoms with Crippen LogP contribution < -0.4 is 9.47 Å². The quantitative estimate of drug-likeness (QED) is 0.307. The number of hydrogen-bond donors (Lipinski definition) is 0. The highest BCUT2D eigenvalue weighted by molar-refractivity contribution is 7.89. The van der Waals surface area contributed by atoms with Crippen molar-refractivity contribution in [3.05, 3.63) is 89.0 Å². The summed E-state index contributed by atoms with van der Waals surface area (Å²) in [5, 5.41) is 0. The topological polar surface area (TPSA) is 99.2 Å². The summed E-state index contributed by atoms with van der Waals surface area (Å²) in [5.74, 6) is -0.296. The number of ketones is 1. The zero-order chi connectivity index (χ0) is 25.6. The van der Waals surface area contributed by atoms with Gasteiger partial charge in [-0.1, -0.05) is 30.3 Å². The van der Waals surface area contributed by atoms with Gasteiger partial charge in [-0.25, -0.2) is 13.2 Å². The van der Waals surface area contributed by atoms with Crippen LogP contribution in [0.1, 0.15) is 38.8 Å². The molecular weight excluding hydrogens is 470 g/mol. The number of rotatable bonds is 10. The lowest BCUT2D eigenvalue weighted by Gasteiger charge is -2.19. The number of carbonyl (C=O) groups excluding carboxylic acids is 2. The van der Waals surface area contributed by atoms with Gasteiger partial charge in [0, 0.05) is 24.7 Å². The second-order valence-electron chi connectivity index (χ2n) is 7.77. The second kappa shape index (κ2) is 11.2. The summed E-state index contributed by atoms with van der Waals surface area (Å²) < 4.78 is 43.7. The van der Waals surface area contributed by atoms with Crippen LogP contribution >= 0.6 is 0 Å². The maximum atomic E-state index is 13.3. The molecule has 184 valence electrons. The number of carbonyl (C=O) groups is 2. The molecule has 0 atom stereocenters. The Bertz CT molecular complexity index is 1320. The summed E-state index contributed by atoms with van der Waals surface area (Å²) in [6.45, 7) is 1.42. The number of hydrogen-bond acceptors (Lipinski definition) is 7. The minimum Gasteiger partial charge on any atom is -0.496 e. The first kappa shape index (κ1) is 25.9. The fourth-order valence-corrected chi connectivity index (χ4v) is 4.77. The van der Waals surface area contributed by atoms with Crippen LogP contribution in [0, 0.1) is 0 Å². The van der Waals surface area contributed by atoms with E-state index in [-0.39, 0.29) is 35.1 Å². The maximum Gasteiger partial charge on any atom is 0.338 e. The van der Waals surface area contributed by atoms with Gasteiger partial charge >= 0.3 is 5.97 Å². The van der Waals surface area contributed by atoms with Crippen molar-refractivity contribution in [1.82, 2.24) is 4.31 Å². The zero-order valence-electron chi connectivity index (χ0n) is 20.0. The van der Waals surface area contributed by atoms with E-state index in [0.29, 0.717) is 16.9 Å². The van der Waals surface area contributed by atoms with Crippen LogP contribution in [0.3, 0.4) is 0 Å². The number of sulfonamides is 1. The molecule has 0 aliphatic heterocycles. The van der Waals surface area contributed by atoms with Crippen LogP contribution in [0.15, 0.2) is 71.6 Å². The van der Waals surface area contributed by atoms with Gasteiger partial charge in [0.05, 0.1) is 19.8 Å². The normalized spacial score (nSPS) is 11.2. The first-order valence-corrected chi connectivity index (χ1v) is 12.1. The number of esters is 1. The van der Waals surface area contributed by atoms with Crippen LogP contribution in [0.4, 0.5) is 0 Å². The summed E-state index contributed by atoms with van der Waals surface area (Å²) in [6.07, 6.45) is 0. The average Bonchev–Trinajstić information content (AvgIpc) is 2.87. The molecule has 0 N–H and O–H groups in total. The van der Waals surface area contributed by atoms with Crippen molar-refractivity contribution in [2.75, 3.05) is 21.3 Å². The maximum absolute atomic E-state index is 13.3. The van der Waals surface area contributed by atoms with Crippen LogP contribution in [0.25, 0.3) is 0 Å². The molecule has 3 aromatic carbocycles. The molecule has 3 aromatic rings. The smallest absolute Gasteiger partial charge is 0.338 e. The first-order chi connectivity index (χ1) is 16.7. The Hall–Kier alpha value is -3.69. The van der Waals surface area contributed by atoms with Gasteiger partial charge in [0.15, 0.2) is 5.78 Å². The molecular formula is C26H27NO7S. The molecule has 0 saturated carbocycles. The molecule has 0 radical (unpaired) electrons. The van der Waals surface area contributed by atoms with Gasteiger partial charge in [-0.15, -0.1) is 0 Å². The summed E-state index contributed by atoms with van der Waals surface area (Å²) >= 11 is 0. The van der Waals surface area contributed by atoms with Gasteiger partial charge in [-0.05, 0) is 48.9 Å². The van der Waals surface area contributed by atoms with Gasteiger partial charge in [-0.2, -0.15) is 4.31 Å². The molecule has 8 nitrogen and oxygen atoms in total. The van der Waals surface area contributed by atoms with Crippen LogP contribution in [-0.4, -0.2) is 45.7 Å². The molecule has 0 aliphatic rings. The Labute approximate surface area is 205 Å².